The Kier molecular flexibility index (Phi) is 3.05. The Bertz CT molecular complexity index is 372. The van der Waals surface area contributed by atoms with Crippen molar-refractivity contribution in [2.45, 2.75) is 13.0 Å². The first kappa shape index (κ1) is 11.3. The van der Waals surface area contributed by atoms with E-state index in [0.717, 1.165) is 18.7 Å². The summed E-state index contributed by atoms with van der Waals surface area (Å²) in [5, 5.41) is 3.22. The average Bonchev–Trinajstić information content (AvgIpc) is 2.25. The molecule has 2 rings (SSSR count). The Labute approximate surface area is 92.1 Å². The molecule has 1 N–H and O–H groups in total. The van der Waals surface area contributed by atoms with Crippen molar-refractivity contribution in [3.8, 4) is 0 Å². The fourth-order valence-corrected chi connectivity index (χ4v) is 1.89. The molecule has 1 aliphatic rings. The molecule has 0 spiro atoms. The van der Waals surface area contributed by atoms with Crippen molar-refractivity contribution < 1.29 is 13.2 Å². The topological polar surface area (TPSA) is 15.3 Å². The van der Waals surface area contributed by atoms with E-state index in [2.05, 4.69) is 5.32 Å². The molecule has 1 heterocycles. The second-order valence-electron chi connectivity index (χ2n) is 4.02. The zero-order chi connectivity index (χ0) is 11.7. The monoisotopic (exact) mass is 230 g/mol. The molecule has 0 saturated carbocycles. The number of anilines is 1. The lowest BCUT2D eigenvalue weighted by Crippen LogP contribution is -2.49. The number of hydrogen-bond acceptors (Lipinski definition) is 2. The molecule has 1 unspecified atom stereocenters. The SMILES string of the molecule is CC1CN(c2cc(F)c(F)c(F)c2)CCN1. The van der Waals surface area contributed by atoms with Crippen LogP contribution in [0.4, 0.5) is 18.9 Å². The summed E-state index contributed by atoms with van der Waals surface area (Å²) in [7, 11) is 0. The van der Waals surface area contributed by atoms with Crippen molar-refractivity contribution in [1.82, 2.24) is 5.32 Å². The van der Waals surface area contributed by atoms with Gasteiger partial charge >= 0.3 is 0 Å². The standard InChI is InChI=1S/C11H13F3N2/c1-7-6-16(3-2-15-7)8-4-9(12)11(14)10(13)5-8/h4-5,7,15H,2-3,6H2,1H3. The Hall–Kier alpha value is -1.23. The number of piperazine rings is 1. The van der Waals surface area contributed by atoms with Gasteiger partial charge in [0, 0.05) is 43.5 Å². The van der Waals surface area contributed by atoms with E-state index in [4.69, 9.17) is 0 Å². The third-order valence-electron chi connectivity index (χ3n) is 2.70. The number of nitrogens with one attached hydrogen (secondary N) is 1. The molecule has 1 atom stereocenters. The van der Waals surface area contributed by atoms with Crippen LogP contribution in [0.15, 0.2) is 12.1 Å². The zero-order valence-corrected chi connectivity index (χ0v) is 8.93. The van der Waals surface area contributed by atoms with Crippen molar-refractivity contribution in [2.75, 3.05) is 24.5 Å². The fraction of sp³-hybridized carbons (Fsp3) is 0.455. The number of benzene rings is 1. The normalized spacial score (nSPS) is 21.2. The van der Waals surface area contributed by atoms with Crippen LogP contribution >= 0.6 is 0 Å². The maximum atomic E-state index is 13.0. The van der Waals surface area contributed by atoms with Gasteiger partial charge in [0.15, 0.2) is 17.5 Å². The smallest absolute Gasteiger partial charge is 0.194 e. The van der Waals surface area contributed by atoms with Crippen molar-refractivity contribution in [3.63, 3.8) is 0 Å². The van der Waals surface area contributed by atoms with Crippen LogP contribution in [-0.2, 0) is 0 Å². The number of halogens is 3. The highest BCUT2D eigenvalue weighted by molar-refractivity contribution is 5.48. The predicted molar refractivity (Wildman–Crippen MR) is 56.0 cm³/mol. The molecule has 16 heavy (non-hydrogen) atoms. The average molecular weight is 230 g/mol. The maximum absolute atomic E-state index is 13.0. The van der Waals surface area contributed by atoms with Gasteiger partial charge < -0.3 is 10.2 Å². The Morgan fingerprint density at radius 1 is 1.25 bits per heavy atom. The minimum absolute atomic E-state index is 0.255. The predicted octanol–water partition coefficient (Wildman–Crippen LogP) is 1.90. The fourth-order valence-electron chi connectivity index (χ4n) is 1.89. The van der Waals surface area contributed by atoms with Gasteiger partial charge in [-0.3, -0.25) is 0 Å². The van der Waals surface area contributed by atoms with Crippen LogP contribution in [0.3, 0.4) is 0 Å². The van der Waals surface area contributed by atoms with Gasteiger partial charge in [-0.2, -0.15) is 0 Å². The summed E-state index contributed by atoms with van der Waals surface area (Å²) in [6.07, 6.45) is 0. The van der Waals surface area contributed by atoms with E-state index in [1.807, 2.05) is 11.8 Å². The lowest BCUT2D eigenvalue weighted by molar-refractivity contribution is 0.443. The molecule has 5 heteroatoms. The van der Waals surface area contributed by atoms with Crippen LogP contribution in [0.1, 0.15) is 6.92 Å². The van der Waals surface area contributed by atoms with Gasteiger partial charge in [0.2, 0.25) is 0 Å². The number of rotatable bonds is 1. The Morgan fingerprint density at radius 2 is 1.88 bits per heavy atom. The highest BCUT2D eigenvalue weighted by atomic mass is 19.2. The lowest BCUT2D eigenvalue weighted by Gasteiger charge is -2.33. The van der Waals surface area contributed by atoms with E-state index in [1.165, 1.54) is 0 Å². The Balaban J connectivity index is 2.26. The van der Waals surface area contributed by atoms with Crippen LogP contribution in [0.2, 0.25) is 0 Å². The van der Waals surface area contributed by atoms with Crippen LogP contribution in [0.25, 0.3) is 0 Å². The molecule has 1 aromatic carbocycles. The summed E-state index contributed by atoms with van der Waals surface area (Å²) in [5.41, 5.74) is 0.393. The first-order valence-electron chi connectivity index (χ1n) is 5.21. The summed E-state index contributed by atoms with van der Waals surface area (Å²) in [5.74, 6) is -3.69. The molecular formula is C11H13F3N2. The van der Waals surface area contributed by atoms with E-state index in [9.17, 15) is 13.2 Å². The van der Waals surface area contributed by atoms with E-state index in [1.54, 1.807) is 0 Å². The summed E-state index contributed by atoms with van der Waals surface area (Å²) in [4.78, 5) is 1.84. The lowest BCUT2D eigenvalue weighted by atomic mass is 10.2. The van der Waals surface area contributed by atoms with Crippen LogP contribution in [-0.4, -0.2) is 25.7 Å². The molecule has 0 bridgehead atoms. The third kappa shape index (κ3) is 2.14. The first-order chi connectivity index (χ1) is 7.58. The second kappa shape index (κ2) is 4.33. The van der Waals surface area contributed by atoms with Gasteiger partial charge in [0.25, 0.3) is 0 Å². The molecule has 2 nitrogen and oxygen atoms in total. The molecule has 0 radical (unpaired) electrons. The minimum Gasteiger partial charge on any atom is -0.369 e. The summed E-state index contributed by atoms with van der Waals surface area (Å²) < 4.78 is 38.8. The molecule has 1 aliphatic heterocycles. The summed E-state index contributed by atoms with van der Waals surface area (Å²) in [6, 6.07) is 2.33. The van der Waals surface area contributed by atoms with Crippen LogP contribution in [0.5, 0.6) is 0 Å². The van der Waals surface area contributed by atoms with Crippen molar-refractivity contribution in [2.24, 2.45) is 0 Å². The largest absolute Gasteiger partial charge is 0.369 e. The van der Waals surface area contributed by atoms with Crippen LogP contribution < -0.4 is 10.2 Å². The molecule has 0 aromatic heterocycles. The number of hydrogen-bond donors (Lipinski definition) is 1. The molecule has 1 aromatic rings. The van der Waals surface area contributed by atoms with Crippen molar-refractivity contribution in [3.05, 3.63) is 29.6 Å². The quantitative estimate of drug-likeness (QED) is 0.741. The molecule has 1 saturated heterocycles. The van der Waals surface area contributed by atoms with E-state index < -0.39 is 17.5 Å². The Morgan fingerprint density at radius 3 is 2.44 bits per heavy atom. The highest BCUT2D eigenvalue weighted by Gasteiger charge is 2.19. The van der Waals surface area contributed by atoms with Gasteiger partial charge in [0.05, 0.1) is 0 Å². The second-order valence-corrected chi connectivity index (χ2v) is 4.02. The highest BCUT2D eigenvalue weighted by Crippen LogP contribution is 2.21. The molecule has 1 fully saturated rings. The number of nitrogens with zero attached hydrogens (tertiary/aromatic N) is 1. The van der Waals surface area contributed by atoms with E-state index in [0.29, 0.717) is 18.8 Å². The van der Waals surface area contributed by atoms with Gasteiger partial charge in [-0.1, -0.05) is 0 Å². The zero-order valence-electron chi connectivity index (χ0n) is 8.93. The van der Waals surface area contributed by atoms with Crippen molar-refractivity contribution in [1.29, 1.82) is 0 Å². The van der Waals surface area contributed by atoms with E-state index >= 15 is 0 Å². The third-order valence-corrected chi connectivity index (χ3v) is 2.70. The van der Waals surface area contributed by atoms with Gasteiger partial charge in [-0.25, -0.2) is 13.2 Å². The maximum Gasteiger partial charge on any atom is 0.194 e. The van der Waals surface area contributed by atoms with E-state index in [-0.39, 0.29) is 6.04 Å². The van der Waals surface area contributed by atoms with Crippen molar-refractivity contribution >= 4 is 5.69 Å². The minimum atomic E-state index is -1.41. The molecular weight excluding hydrogens is 217 g/mol. The molecule has 0 aliphatic carbocycles. The van der Waals surface area contributed by atoms with Gasteiger partial charge in [-0.05, 0) is 6.92 Å². The van der Waals surface area contributed by atoms with Gasteiger partial charge in [-0.15, -0.1) is 0 Å². The molecule has 0 amide bonds. The summed E-state index contributed by atoms with van der Waals surface area (Å²) in [6.45, 7) is 4.06. The van der Waals surface area contributed by atoms with Crippen LogP contribution in [0, 0.1) is 17.5 Å². The first-order valence-corrected chi connectivity index (χ1v) is 5.21. The summed E-state index contributed by atoms with van der Waals surface area (Å²) >= 11 is 0. The van der Waals surface area contributed by atoms with Gasteiger partial charge in [0.1, 0.15) is 0 Å². The molecule has 88 valence electrons.